The molecule has 0 aliphatic rings. The first-order valence-electron chi connectivity index (χ1n) is 12.5. The van der Waals surface area contributed by atoms with Gasteiger partial charge < -0.3 is 9.64 Å². The lowest BCUT2D eigenvalue weighted by Crippen LogP contribution is -2.28. The predicted octanol–water partition coefficient (Wildman–Crippen LogP) is 6.60. The minimum atomic E-state index is -0.815. The molecule has 0 saturated heterocycles. The van der Waals surface area contributed by atoms with Gasteiger partial charge in [-0.1, -0.05) is 56.3 Å². The van der Waals surface area contributed by atoms with E-state index in [2.05, 4.69) is 20.5 Å². The molecule has 8 heteroatoms. The fraction of sp³-hybridized carbons (Fsp3) is 0.276. The van der Waals surface area contributed by atoms with Gasteiger partial charge in [0.2, 0.25) is 5.82 Å². The SMILES string of the molecule is CCCN(CCC)c1c(F)c(N/N=C/c2ccc3ccccc3c2)nc(OCCc2ccccn2)c1F. The van der Waals surface area contributed by atoms with Gasteiger partial charge in [0, 0.05) is 31.4 Å². The molecular weight excluding hydrogens is 472 g/mol. The molecule has 2 aromatic carbocycles. The second-order valence-corrected chi connectivity index (χ2v) is 8.63. The summed E-state index contributed by atoms with van der Waals surface area (Å²) in [6, 6.07) is 19.4. The highest BCUT2D eigenvalue weighted by atomic mass is 19.1. The number of ether oxygens (including phenoxy) is 1. The number of pyridine rings is 2. The van der Waals surface area contributed by atoms with Crippen LogP contribution in [0.4, 0.5) is 20.3 Å². The molecule has 0 bridgehead atoms. The highest BCUT2D eigenvalue weighted by molar-refractivity contribution is 5.90. The van der Waals surface area contributed by atoms with Crippen molar-refractivity contribution in [2.75, 3.05) is 30.0 Å². The summed E-state index contributed by atoms with van der Waals surface area (Å²) in [5.41, 5.74) is 4.15. The Morgan fingerprint density at radius 2 is 1.70 bits per heavy atom. The smallest absolute Gasteiger partial charge is 0.254 e. The molecule has 0 unspecified atom stereocenters. The third-order valence-corrected chi connectivity index (χ3v) is 5.81. The maximum atomic E-state index is 15.6. The van der Waals surface area contributed by atoms with Gasteiger partial charge in [0.05, 0.1) is 12.8 Å². The van der Waals surface area contributed by atoms with Gasteiger partial charge in [0.15, 0.2) is 11.6 Å². The lowest BCUT2D eigenvalue weighted by atomic mass is 10.1. The van der Waals surface area contributed by atoms with Gasteiger partial charge in [-0.25, -0.2) is 4.39 Å². The Balaban J connectivity index is 1.60. The van der Waals surface area contributed by atoms with Gasteiger partial charge in [-0.05, 0) is 47.4 Å². The summed E-state index contributed by atoms with van der Waals surface area (Å²) in [4.78, 5) is 10.0. The minimum absolute atomic E-state index is 0.146. The van der Waals surface area contributed by atoms with Crippen LogP contribution in [0.15, 0.2) is 72.0 Å². The van der Waals surface area contributed by atoms with Crippen molar-refractivity contribution in [3.05, 3.63) is 89.8 Å². The van der Waals surface area contributed by atoms with E-state index in [-0.39, 0.29) is 24.0 Å². The van der Waals surface area contributed by atoms with E-state index in [0.29, 0.717) is 19.5 Å². The normalized spacial score (nSPS) is 11.2. The van der Waals surface area contributed by atoms with Crippen molar-refractivity contribution in [2.24, 2.45) is 5.10 Å². The van der Waals surface area contributed by atoms with E-state index in [9.17, 15) is 0 Å². The number of fused-ring (bicyclic) bond motifs is 1. The molecule has 1 N–H and O–H groups in total. The van der Waals surface area contributed by atoms with E-state index in [1.54, 1.807) is 17.3 Å². The van der Waals surface area contributed by atoms with E-state index < -0.39 is 11.6 Å². The van der Waals surface area contributed by atoms with Crippen LogP contribution >= 0.6 is 0 Å². The molecule has 2 heterocycles. The Labute approximate surface area is 216 Å². The van der Waals surface area contributed by atoms with Crippen molar-refractivity contribution in [3.8, 4) is 5.88 Å². The molecule has 4 aromatic rings. The number of halogens is 2. The molecule has 0 atom stereocenters. The zero-order valence-corrected chi connectivity index (χ0v) is 21.1. The average Bonchev–Trinajstić information content (AvgIpc) is 2.92. The molecule has 0 fully saturated rings. The number of hydrazone groups is 1. The second-order valence-electron chi connectivity index (χ2n) is 8.63. The van der Waals surface area contributed by atoms with Gasteiger partial charge in [-0.15, -0.1) is 0 Å². The first-order chi connectivity index (χ1) is 18.1. The molecule has 2 aromatic heterocycles. The average molecular weight is 504 g/mol. The lowest BCUT2D eigenvalue weighted by Gasteiger charge is -2.26. The zero-order valence-electron chi connectivity index (χ0n) is 21.1. The second kappa shape index (κ2) is 12.8. The van der Waals surface area contributed by atoms with Crippen LogP contribution < -0.4 is 15.1 Å². The van der Waals surface area contributed by atoms with E-state index in [4.69, 9.17) is 4.74 Å². The van der Waals surface area contributed by atoms with Crippen molar-refractivity contribution in [1.82, 2.24) is 9.97 Å². The number of nitrogens with zero attached hydrogens (tertiary/aromatic N) is 4. The summed E-state index contributed by atoms with van der Waals surface area (Å²) in [6.45, 7) is 5.08. The molecular formula is C29H31F2N5O. The van der Waals surface area contributed by atoms with Crippen molar-refractivity contribution < 1.29 is 13.5 Å². The Morgan fingerprint density at radius 3 is 2.43 bits per heavy atom. The highest BCUT2D eigenvalue weighted by Gasteiger charge is 2.25. The van der Waals surface area contributed by atoms with Crippen LogP contribution in [0.25, 0.3) is 10.8 Å². The lowest BCUT2D eigenvalue weighted by molar-refractivity contribution is 0.290. The van der Waals surface area contributed by atoms with Crippen LogP contribution in [0.5, 0.6) is 5.88 Å². The third kappa shape index (κ3) is 6.58. The fourth-order valence-corrected chi connectivity index (χ4v) is 4.09. The molecule has 0 saturated carbocycles. The maximum absolute atomic E-state index is 15.6. The van der Waals surface area contributed by atoms with E-state index in [1.165, 1.54) is 0 Å². The zero-order chi connectivity index (χ0) is 26.0. The van der Waals surface area contributed by atoms with Gasteiger partial charge in [0.25, 0.3) is 5.88 Å². The Morgan fingerprint density at radius 1 is 0.946 bits per heavy atom. The molecule has 6 nitrogen and oxygen atoms in total. The third-order valence-electron chi connectivity index (χ3n) is 5.81. The topological polar surface area (TPSA) is 62.6 Å². The number of aromatic nitrogens is 2. The molecule has 192 valence electrons. The number of rotatable bonds is 12. The monoisotopic (exact) mass is 503 g/mol. The number of nitrogens with one attached hydrogen (secondary N) is 1. The Bertz CT molecular complexity index is 1340. The van der Waals surface area contributed by atoms with Gasteiger partial charge >= 0.3 is 0 Å². The van der Waals surface area contributed by atoms with Crippen molar-refractivity contribution in [3.63, 3.8) is 0 Å². The minimum Gasteiger partial charge on any atom is -0.475 e. The first-order valence-corrected chi connectivity index (χ1v) is 12.5. The molecule has 0 aliphatic heterocycles. The predicted molar refractivity (Wildman–Crippen MR) is 146 cm³/mol. The summed E-state index contributed by atoms with van der Waals surface area (Å²) >= 11 is 0. The number of hydrogen-bond donors (Lipinski definition) is 1. The van der Waals surface area contributed by atoms with Crippen molar-refractivity contribution in [1.29, 1.82) is 0 Å². The number of anilines is 2. The standard InChI is InChI=1S/C29H31F2N5O/c1-3-16-36(17-4-2)27-25(30)28(34-29(26(27)31)37-18-14-24-11-7-8-15-32-24)35-33-20-21-12-13-22-9-5-6-10-23(22)19-21/h5-13,15,19-20H,3-4,14,16-18H2,1-2H3,(H,34,35)/b33-20+. The van der Waals surface area contributed by atoms with Crippen LogP contribution in [0.1, 0.15) is 37.9 Å². The molecule has 0 amide bonds. The number of hydrogen-bond acceptors (Lipinski definition) is 6. The van der Waals surface area contributed by atoms with Crippen LogP contribution in [0.2, 0.25) is 0 Å². The van der Waals surface area contributed by atoms with Crippen molar-refractivity contribution in [2.45, 2.75) is 33.1 Å². The van der Waals surface area contributed by atoms with Crippen LogP contribution in [0, 0.1) is 11.6 Å². The fourth-order valence-electron chi connectivity index (χ4n) is 4.09. The van der Waals surface area contributed by atoms with Crippen molar-refractivity contribution >= 4 is 28.5 Å². The Hall–Kier alpha value is -4.07. The summed E-state index contributed by atoms with van der Waals surface area (Å²) in [5, 5.41) is 6.37. The first kappa shape index (κ1) is 26.0. The summed E-state index contributed by atoms with van der Waals surface area (Å²) in [7, 11) is 0. The van der Waals surface area contributed by atoms with E-state index in [1.807, 2.05) is 74.5 Å². The van der Waals surface area contributed by atoms with Gasteiger partial charge in [-0.2, -0.15) is 14.5 Å². The largest absolute Gasteiger partial charge is 0.475 e. The van der Waals surface area contributed by atoms with Crippen LogP contribution in [-0.4, -0.2) is 35.9 Å². The van der Waals surface area contributed by atoms with Gasteiger partial charge in [-0.3, -0.25) is 10.4 Å². The quantitative estimate of drug-likeness (QED) is 0.174. The maximum Gasteiger partial charge on any atom is 0.254 e. The van der Waals surface area contributed by atoms with E-state index >= 15 is 8.78 Å². The van der Waals surface area contributed by atoms with Crippen LogP contribution in [0.3, 0.4) is 0 Å². The summed E-state index contributed by atoms with van der Waals surface area (Å²) in [6.07, 6.45) is 5.20. The molecule has 0 radical (unpaired) electrons. The summed E-state index contributed by atoms with van der Waals surface area (Å²) in [5.74, 6) is -2.08. The van der Waals surface area contributed by atoms with Crippen LogP contribution in [-0.2, 0) is 6.42 Å². The molecule has 0 spiro atoms. The Kier molecular flexibility index (Phi) is 8.97. The number of benzene rings is 2. The summed E-state index contributed by atoms with van der Waals surface area (Å²) < 4.78 is 36.8. The highest BCUT2D eigenvalue weighted by Crippen LogP contribution is 2.34. The molecule has 0 aliphatic carbocycles. The van der Waals surface area contributed by atoms with Gasteiger partial charge in [0.1, 0.15) is 5.69 Å². The van der Waals surface area contributed by atoms with E-state index in [0.717, 1.165) is 34.9 Å². The molecule has 37 heavy (non-hydrogen) atoms. The molecule has 4 rings (SSSR count).